The van der Waals surface area contributed by atoms with Crippen molar-refractivity contribution >= 4 is 72.9 Å². The van der Waals surface area contributed by atoms with Crippen molar-refractivity contribution in [2.24, 2.45) is 4.99 Å². The second-order valence-corrected chi connectivity index (χ2v) is 9.86. The first-order chi connectivity index (χ1) is 16.4. The molecule has 3 aromatic carbocycles. The third kappa shape index (κ3) is 4.42. The molecule has 168 valence electrons. The Balaban J connectivity index is 1.46. The van der Waals surface area contributed by atoms with Crippen LogP contribution < -0.4 is 4.74 Å². The highest BCUT2D eigenvalue weighted by atomic mass is 79.9. The van der Waals surface area contributed by atoms with Crippen LogP contribution in [-0.2, 0) is 9.53 Å². The molecule has 0 saturated heterocycles. The number of cyclic esters (lactones) is 1. The van der Waals surface area contributed by atoms with Crippen LogP contribution in [0.3, 0.4) is 0 Å². The average molecular weight is 553 g/mol. The molecule has 5 rings (SSSR count). The minimum absolute atomic E-state index is 0.0897. The molecule has 0 saturated carbocycles. The molecule has 0 N–H and O–H groups in total. The number of hydrogen-bond donors (Lipinski definition) is 0. The molecule has 2 heterocycles. The van der Waals surface area contributed by atoms with E-state index in [1.165, 1.54) is 17.4 Å². The van der Waals surface area contributed by atoms with Crippen LogP contribution in [0.2, 0.25) is 5.02 Å². The first kappa shape index (κ1) is 22.5. The number of esters is 2. The Hall–Kier alpha value is -3.26. The third-order valence-electron chi connectivity index (χ3n) is 5.09. The van der Waals surface area contributed by atoms with Crippen molar-refractivity contribution in [3.05, 3.63) is 103 Å². The van der Waals surface area contributed by atoms with Crippen LogP contribution in [-0.4, -0.2) is 17.8 Å². The fourth-order valence-corrected chi connectivity index (χ4v) is 5.20. The predicted molar refractivity (Wildman–Crippen MR) is 138 cm³/mol. The Bertz CT molecular complexity index is 1520. The van der Waals surface area contributed by atoms with Gasteiger partial charge in [-0.1, -0.05) is 57.9 Å². The van der Waals surface area contributed by atoms with Gasteiger partial charge in [-0.05, 0) is 55.0 Å². The molecule has 1 aliphatic heterocycles. The second-order valence-electron chi connectivity index (χ2n) is 7.52. The molecule has 5 nitrogen and oxygen atoms in total. The topological polar surface area (TPSA) is 65.0 Å². The van der Waals surface area contributed by atoms with E-state index >= 15 is 0 Å². The smallest absolute Gasteiger partial charge is 0.363 e. The molecule has 4 aromatic rings. The van der Waals surface area contributed by atoms with Gasteiger partial charge in [0.15, 0.2) is 5.70 Å². The Labute approximate surface area is 212 Å². The normalized spacial score (nSPS) is 14.4. The first-order valence-electron chi connectivity index (χ1n) is 10.2. The summed E-state index contributed by atoms with van der Waals surface area (Å²) in [5, 5.41) is 1.38. The van der Waals surface area contributed by atoms with Crippen molar-refractivity contribution in [3.8, 4) is 5.75 Å². The SMILES string of the molecule is Cc1ccc2c(Cl)c(C3=N/C(=C/c4ccccc4OC(=O)c4ccc(Br)cc4)C(=O)O3)sc2c1. The van der Waals surface area contributed by atoms with Crippen LogP contribution in [0.4, 0.5) is 0 Å². The molecular weight excluding hydrogens is 538 g/mol. The highest BCUT2D eigenvalue weighted by molar-refractivity contribution is 9.10. The molecular formula is C26H15BrClNO4S. The largest absolute Gasteiger partial charge is 0.422 e. The van der Waals surface area contributed by atoms with Crippen LogP contribution in [0, 0.1) is 6.92 Å². The average Bonchev–Trinajstić information content (AvgIpc) is 3.34. The lowest BCUT2D eigenvalue weighted by Gasteiger charge is -2.07. The van der Waals surface area contributed by atoms with Gasteiger partial charge in [-0.3, -0.25) is 0 Å². The summed E-state index contributed by atoms with van der Waals surface area (Å²) >= 11 is 11.3. The second kappa shape index (κ2) is 9.18. The van der Waals surface area contributed by atoms with Crippen LogP contribution in [0.5, 0.6) is 5.75 Å². The maximum absolute atomic E-state index is 12.6. The Morgan fingerprint density at radius 2 is 1.88 bits per heavy atom. The summed E-state index contributed by atoms with van der Waals surface area (Å²) in [6.45, 7) is 2.00. The lowest BCUT2D eigenvalue weighted by Crippen LogP contribution is -2.09. The lowest BCUT2D eigenvalue weighted by atomic mass is 10.1. The predicted octanol–water partition coefficient (Wildman–Crippen LogP) is 7.19. The number of carbonyl (C=O) groups excluding carboxylic acids is 2. The van der Waals surface area contributed by atoms with E-state index in [9.17, 15) is 9.59 Å². The molecule has 0 spiro atoms. The maximum Gasteiger partial charge on any atom is 0.363 e. The monoisotopic (exact) mass is 551 g/mol. The molecule has 0 amide bonds. The van der Waals surface area contributed by atoms with E-state index in [1.807, 2.05) is 25.1 Å². The zero-order valence-electron chi connectivity index (χ0n) is 17.7. The summed E-state index contributed by atoms with van der Waals surface area (Å²) in [7, 11) is 0. The zero-order valence-corrected chi connectivity index (χ0v) is 20.8. The van der Waals surface area contributed by atoms with E-state index in [1.54, 1.807) is 48.5 Å². The van der Waals surface area contributed by atoms with E-state index in [0.29, 0.717) is 26.8 Å². The van der Waals surface area contributed by atoms with Gasteiger partial charge in [0.25, 0.3) is 0 Å². The summed E-state index contributed by atoms with van der Waals surface area (Å²) in [6, 6.07) is 19.7. The molecule has 0 fully saturated rings. The van der Waals surface area contributed by atoms with Gasteiger partial charge >= 0.3 is 11.9 Å². The number of aryl methyl sites for hydroxylation is 1. The number of hydrogen-bond acceptors (Lipinski definition) is 6. The summed E-state index contributed by atoms with van der Waals surface area (Å²) in [4.78, 5) is 30.1. The van der Waals surface area contributed by atoms with Crippen molar-refractivity contribution in [2.75, 3.05) is 0 Å². The number of halogens is 2. The van der Waals surface area contributed by atoms with Gasteiger partial charge in [0.2, 0.25) is 5.90 Å². The van der Waals surface area contributed by atoms with Crippen molar-refractivity contribution in [1.29, 1.82) is 0 Å². The molecule has 0 atom stereocenters. The molecule has 0 bridgehead atoms. The molecule has 0 unspecified atom stereocenters. The molecule has 0 radical (unpaired) electrons. The van der Waals surface area contributed by atoms with Gasteiger partial charge in [0, 0.05) is 20.1 Å². The number of benzene rings is 3. The van der Waals surface area contributed by atoms with Gasteiger partial charge in [0.05, 0.1) is 10.6 Å². The molecule has 1 aliphatic rings. The number of para-hydroxylation sites is 1. The van der Waals surface area contributed by atoms with Crippen molar-refractivity contribution in [2.45, 2.75) is 6.92 Å². The lowest BCUT2D eigenvalue weighted by molar-refractivity contribution is -0.129. The van der Waals surface area contributed by atoms with E-state index in [4.69, 9.17) is 21.1 Å². The summed E-state index contributed by atoms with van der Waals surface area (Å²) in [6.07, 6.45) is 1.53. The highest BCUT2D eigenvalue weighted by Gasteiger charge is 2.28. The summed E-state index contributed by atoms with van der Waals surface area (Å²) in [5.41, 5.74) is 2.12. The van der Waals surface area contributed by atoms with Gasteiger partial charge in [-0.25, -0.2) is 14.6 Å². The number of carbonyl (C=O) groups is 2. The van der Waals surface area contributed by atoms with Gasteiger partial charge < -0.3 is 9.47 Å². The van der Waals surface area contributed by atoms with E-state index in [2.05, 4.69) is 20.9 Å². The zero-order chi connectivity index (χ0) is 23.8. The Morgan fingerprint density at radius 3 is 2.68 bits per heavy atom. The number of fused-ring (bicyclic) bond motifs is 1. The molecule has 0 aliphatic carbocycles. The molecule has 34 heavy (non-hydrogen) atoms. The van der Waals surface area contributed by atoms with Crippen molar-refractivity contribution in [3.63, 3.8) is 0 Å². The van der Waals surface area contributed by atoms with Gasteiger partial charge in [-0.2, -0.15) is 0 Å². The van der Waals surface area contributed by atoms with Crippen molar-refractivity contribution in [1.82, 2.24) is 0 Å². The number of ether oxygens (including phenoxy) is 2. The number of aliphatic imine (C=N–C) groups is 1. The van der Waals surface area contributed by atoms with Crippen LogP contribution in [0.25, 0.3) is 16.2 Å². The Kier molecular flexibility index (Phi) is 6.08. The number of thiophene rings is 1. The van der Waals surface area contributed by atoms with E-state index < -0.39 is 11.9 Å². The first-order valence-corrected chi connectivity index (χ1v) is 12.2. The van der Waals surface area contributed by atoms with Crippen LogP contribution in [0.15, 0.2) is 81.9 Å². The van der Waals surface area contributed by atoms with Crippen LogP contribution >= 0.6 is 38.9 Å². The molecule has 8 heteroatoms. The highest BCUT2D eigenvalue weighted by Crippen LogP contribution is 2.38. The van der Waals surface area contributed by atoms with Gasteiger partial charge in [-0.15, -0.1) is 11.3 Å². The third-order valence-corrected chi connectivity index (χ3v) is 7.27. The fourth-order valence-electron chi connectivity index (χ4n) is 3.40. The minimum atomic E-state index is -0.603. The summed E-state index contributed by atoms with van der Waals surface area (Å²) < 4.78 is 12.9. The standard InChI is InChI=1S/C26H15BrClNO4S/c1-14-6-11-18-21(12-14)34-23(22(18)28)24-29-19(26(31)33-24)13-16-4-2-3-5-20(16)32-25(30)15-7-9-17(27)10-8-15/h2-13H,1H3/b19-13+. The van der Waals surface area contributed by atoms with Gasteiger partial charge in [0.1, 0.15) is 10.6 Å². The quantitative estimate of drug-likeness (QED) is 0.153. The molecule has 1 aromatic heterocycles. The number of nitrogens with zero attached hydrogens (tertiary/aromatic N) is 1. The van der Waals surface area contributed by atoms with Crippen molar-refractivity contribution < 1.29 is 19.1 Å². The fraction of sp³-hybridized carbons (Fsp3) is 0.0385. The van der Waals surface area contributed by atoms with Crippen LogP contribution in [0.1, 0.15) is 26.4 Å². The Morgan fingerprint density at radius 1 is 1.12 bits per heavy atom. The van der Waals surface area contributed by atoms with E-state index in [0.717, 1.165) is 20.1 Å². The summed E-state index contributed by atoms with van der Waals surface area (Å²) in [5.74, 6) is -0.656. The minimum Gasteiger partial charge on any atom is -0.422 e. The number of rotatable bonds is 4. The van der Waals surface area contributed by atoms with E-state index in [-0.39, 0.29) is 11.6 Å². The maximum atomic E-state index is 12.6.